The summed E-state index contributed by atoms with van der Waals surface area (Å²) in [5.41, 5.74) is -8.19. The molecule has 0 radical (unpaired) electrons. The number of sulfone groups is 1. The molecule has 2 aromatic rings. The van der Waals surface area contributed by atoms with Crippen LogP contribution in [0.25, 0.3) is 0 Å². The maximum atomic E-state index is 15.0. The van der Waals surface area contributed by atoms with Crippen molar-refractivity contribution in [1.29, 1.82) is 5.26 Å². The number of carbonyl (C=O) groups excluding carboxylic acids is 2. The number of alkyl halides is 8. The van der Waals surface area contributed by atoms with Crippen LogP contribution in [-0.2, 0) is 36.3 Å². The van der Waals surface area contributed by atoms with Crippen LogP contribution in [-0.4, -0.2) is 73.7 Å². The Bertz CT molecular complexity index is 1690. The molecule has 3 aliphatic rings. The molecule has 2 heterocycles. The Hall–Kier alpha value is -3.81. The van der Waals surface area contributed by atoms with Crippen LogP contribution in [0.4, 0.5) is 39.5 Å². The average molecular weight is 682 g/mol. The summed E-state index contributed by atoms with van der Waals surface area (Å²) in [6, 6.07) is 3.74. The Labute approximate surface area is 256 Å². The molecule has 2 aliphatic heterocycles. The molecular weight excluding hydrogens is 657 g/mol. The minimum Gasteiger partial charge on any atom is -0.336 e. The number of halogens is 9. The Morgan fingerprint density at radius 2 is 1.65 bits per heavy atom. The predicted molar refractivity (Wildman–Crippen MR) is 140 cm³/mol. The highest BCUT2D eigenvalue weighted by molar-refractivity contribution is 7.92. The molecule has 2 fully saturated rings. The molecule has 5 rings (SSSR count). The topological polar surface area (TPSA) is 98.5 Å². The van der Waals surface area contributed by atoms with Gasteiger partial charge in [-0.05, 0) is 54.7 Å². The smallest absolute Gasteiger partial charge is 0.336 e. The van der Waals surface area contributed by atoms with Gasteiger partial charge in [-0.15, -0.1) is 0 Å². The monoisotopic (exact) mass is 681 g/mol. The summed E-state index contributed by atoms with van der Waals surface area (Å²) in [6.07, 6.45) is -16.9. The number of amides is 2. The van der Waals surface area contributed by atoms with E-state index >= 15 is 0 Å². The number of hydrogen-bond donors (Lipinski definition) is 0. The number of aryl methyl sites for hydroxylation is 1. The van der Waals surface area contributed by atoms with Gasteiger partial charge in [0.15, 0.2) is 16.0 Å². The Morgan fingerprint density at radius 3 is 2.24 bits per heavy atom. The van der Waals surface area contributed by atoms with E-state index in [0.29, 0.717) is 12.1 Å². The van der Waals surface area contributed by atoms with E-state index in [-0.39, 0.29) is 49.5 Å². The minimum absolute atomic E-state index is 0.210. The molecule has 2 saturated heterocycles. The zero-order valence-corrected chi connectivity index (χ0v) is 24.3. The molecular formula is C29H24F9N3O4S. The molecule has 0 unspecified atom stereocenters. The van der Waals surface area contributed by atoms with E-state index in [4.69, 9.17) is 5.26 Å². The van der Waals surface area contributed by atoms with E-state index in [2.05, 4.69) is 0 Å². The lowest BCUT2D eigenvalue weighted by Gasteiger charge is -2.43. The van der Waals surface area contributed by atoms with Gasteiger partial charge in [0.2, 0.25) is 5.91 Å². The number of nitriles is 1. The number of likely N-dealkylation sites (tertiary alicyclic amines) is 2. The molecule has 0 bridgehead atoms. The number of rotatable bonds is 6. The van der Waals surface area contributed by atoms with Gasteiger partial charge in [-0.2, -0.15) is 31.6 Å². The largest absolute Gasteiger partial charge is 0.435 e. The fourth-order valence-electron chi connectivity index (χ4n) is 6.94. The van der Waals surface area contributed by atoms with Gasteiger partial charge in [-0.3, -0.25) is 9.59 Å². The molecule has 7 nitrogen and oxygen atoms in total. The van der Waals surface area contributed by atoms with E-state index in [0.717, 1.165) is 34.1 Å². The molecule has 46 heavy (non-hydrogen) atoms. The Balaban J connectivity index is 1.66. The van der Waals surface area contributed by atoms with Gasteiger partial charge in [0.25, 0.3) is 5.91 Å². The second kappa shape index (κ2) is 11.2. The van der Waals surface area contributed by atoms with Crippen molar-refractivity contribution in [2.45, 2.75) is 78.0 Å². The molecule has 2 aromatic carbocycles. The van der Waals surface area contributed by atoms with Gasteiger partial charge < -0.3 is 9.80 Å². The third-order valence-corrected chi connectivity index (χ3v) is 11.6. The molecule has 0 saturated carbocycles. The first-order chi connectivity index (χ1) is 21.3. The second-order valence-electron chi connectivity index (χ2n) is 11.4. The first kappa shape index (κ1) is 33.6. The summed E-state index contributed by atoms with van der Waals surface area (Å²) >= 11 is 0. The van der Waals surface area contributed by atoms with Crippen LogP contribution in [0, 0.1) is 17.1 Å². The minimum atomic E-state index is -6.42. The highest BCUT2D eigenvalue weighted by Crippen LogP contribution is 2.57. The Kier molecular flexibility index (Phi) is 8.14. The van der Waals surface area contributed by atoms with Crippen LogP contribution >= 0.6 is 0 Å². The first-order valence-electron chi connectivity index (χ1n) is 13.9. The Morgan fingerprint density at radius 1 is 1.02 bits per heavy atom. The lowest BCUT2D eigenvalue weighted by Crippen LogP contribution is -2.55. The summed E-state index contributed by atoms with van der Waals surface area (Å²) in [6.45, 7) is -0.629. The summed E-state index contributed by atoms with van der Waals surface area (Å²) in [4.78, 5) is 27.8. The van der Waals surface area contributed by atoms with Crippen molar-refractivity contribution in [2.24, 2.45) is 0 Å². The lowest BCUT2D eigenvalue weighted by molar-refractivity contribution is -0.348. The standard InChI is InChI=1S/C29H24F9N3O4S/c30-18-4-6-19(7-5-18)46(44,45)26-10-13-41(25(43)22-15-21(31)24(42)40(22)12-1-11-39)23(26)9-2-16-14-17(3-8-20(16)26)27(32,28(33,34)35)29(36,37)38/h3-8,14,21-23H,1-2,9-10,12-13,15H2/t21-,22+,23-,26-/m1/s1. The van der Waals surface area contributed by atoms with E-state index in [1.807, 2.05) is 0 Å². The van der Waals surface area contributed by atoms with Crippen LogP contribution in [0.1, 0.15) is 42.4 Å². The van der Waals surface area contributed by atoms with Gasteiger partial charge >= 0.3 is 18.0 Å². The van der Waals surface area contributed by atoms with Crippen LogP contribution in [0.15, 0.2) is 47.4 Å². The molecule has 0 aromatic heterocycles. The van der Waals surface area contributed by atoms with Crippen molar-refractivity contribution in [2.75, 3.05) is 13.1 Å². The molecule has 0 N–H and O–H groups in total. The summed E-state index contributed by atoms with van der Waals surface area (Å²) in [5, 5.41) is 8.95. The van der Waals surface area contributed by atoms with Crippen molar-refractivity contribution < 1.29 is 57.5 Å². The number of hydrogen-bond acceptors (Lipinski definition) is 5. The third-order valence-electron chi connectivity index (χ3n) is 9.06. The van der Waals surface area contributed by atoms with Crippen molar-refractivity contribution in [3.63, 3.8) is 0 Å². The first-order valence-corrected chi connectivity index (χ1v) is 15.4. The summed E-state index contributed by atoms with van der Waals surface area (Å²) < 4.78 is 151. The summed E-state index contributed by atoms with van der Waals surface area (Å²) in [7, 11) is -4.73. The van der Waals surface area contributed by atoms with Crippen molar-refractivity contribution >= 4 is 21.7 Å². The fraction of sp³-hybridized carbons (Fsp3) is 0.483. The SMILES string of the molecule is N#CCCN1C(=O)[C@H](F)C[C@H]1C(=O)N1CC[C@@]2(S(=O)(=O)c3ccc(F)cc3)c3ccc(C(F)(C(F)(F)F)C(F)(F)F)cc3CC[C@@H]12. The maximum Gasteiger partial charge on any atom is 0.435 e. The zero-order chi connectivity index (χ0) is 34.0. The van der Waals surface area contributed by atoms with Crippen molar-refractivity contribution in [3.8, 4) is 6.07 Å². The lowest BCUT2D eigenvalue weighted by atomic mass is 9.76. The van der Waals surface area contributed by atoms with E-state index in [9.17, 15) is 57.5 Å². The number of nitrogens with zero attached hydrogens (tertiary/aromatic N) is 3. The normalized spacial score (nSPS) is 25.3. The van der Waals surface area contributed by atoms with E-state index in [1.54, 1.807) is 6.07 Å². The van der Waals surface area contributed by atoms with Crippen LogP contribution in [0.3, 0.4) is 0 Å². The van der Waals surface area contributed by atoms with Gasteiger partial charge in [0, 0.05) is 25.1 Å². The second-order valence-corrected chi connectivity index (χ2v) is 13.6. The number of fused-ring (bicyclic) bond motifs is 3. The van der Waals surface area contributed by atoms with Crippen LogP contribution in [0.2, 0.25) is 0 Å². The predicted octanol–water partition coefficient (Wildman–Crippen LogP) is 5.18. The van der Waals surface area contributed by atoms with Gasteiger partial charge in [-0.1, -0.05) is 18.2 Å². The van der Waals surface area contributed by atoms with E-state index in [1.165, 1.54) is 0 Å². The molecule has 4 atom stereocenters. The highest BCUT2D eigenvalue weighted by atomic mass is 32.2. The highest BCUT2D eigenvalue weighted by Gasteiger charge is 2.74. The molecule has 17 heteroatoms. The van der Waals surface area contributed by atoms with Gasteiger partial charge in [-0.25, -0.2) is 21.6 Å². The summed E-state index contributed by atoms with van der Waals surface area (Å²) in [5.74, 6) is -2.71. The average Bonchev–Trinajstić information content (AvgIpc) is 3.52. The molecule has 0 spiro atoms. The zero-order valence-electron chi connectivity index (χ0n) is 23.5. The van der Waals surface area contributed by atoms with E-state index < -0.39 is 91.8 Å². The van der Waals surface area contributed by atoms with Crippen LogP contribution < -0.4 is 0 Å². The molecule has 248 valence electrons. The molecule has 2 amide bonds. The van der Waals surface area contributed by atoms with Crippen molar-refractivity contribution in [1.82, 2.24) is 9.80 Å². The number of carbonyl (C=O) groups is 2. The fourth-order valence-corrected chi connectivity index (χ4v) is 9.30. The van der Waals surface area contributed by atoms with Crippen molar-refractivity contribution in [3.05, 3.63) is 65.0 Å². The van der Waals surface area contributed by atoms with Gasteiger partial charge in [0.1, 0.15) is 16.6 Å². The van der Waals surface area contributed by atoms with Gasteiger partial charge in [0.05, 0.1) is 23.4 Å². The quantitative estimate of drug-likeness (QED) is 0.309. The molecule has 1 aliphatic carbocycles. The maximum absolute atomic E-state index is 15.0. The third kappa shape index (κ3) is 4.82. The van der Waals surface area contributed by atoms with Crippen LogP contribution in [0.5, 0.6) is 0 Å². The number of benzene rings is 2.